The van der Waals surface area contributed by atoms with E-state index in [0.717, 1.165) is 5.56 Å². The number of rotatable bonds is 6. The third kappa shape index (κ3) is 4.26. The third-order valence-electron chi connectivity index (χ3n) is 4.15. The molecule has 2 N–H and O–H groups in total. The Hall–Kier alpha value is -2.54. The second-order valence-corrected chi connectivity index (χ2v) is 6.08. The molecule has 0 saturated carbocycles. The van der Waals surface area contributed by atoms with E-state index in [2.05, 4.69) is 20.3 Å². The van der Waals surface area contributed by atoms with Crippen molar-refractivity contribution in [3.63, 3.8) is 0 Å². The lowest BCUT2D eigenvalue weighted by Crippen LogP contribution is -2.45. The number of hydrogen-bond donors (Lipinski definition) is 2. The largest absolute Gasteiger partial charge is 0.386 e. The second-order valence-electron chi connectivity index (χ2n) is 6.08. The highest BCUT2D eigenvalue weighted by Gasteiger charge is 2.37. The number of pyridine rings is 1. The summed E-state index contributed by atoms with van der Waals surface area (Å²) in [6, 6.07) is 5.56. The Morgan fingerprint density at radius 3 is 2.88 bits per heavy atom. The molecule has 24 heavy (non-hydrogen) atoms. The van der Waals surface area contributed by atoms with E-state index in [1.807, 2.05) is 17.0 Å². The molecule has 0 aromatic carbocycles. The van der Waals surface area contributed by atoms with E-state index in [1.54, 1.807) is 30.9 Å². The minimum absolute atomic E-state index is 0.0679. The van der Waals surface area contributed by atoms with Gasteiger partial charge >= 0.3 is 0 Å². The fourth-order valence-corrected chi connectivity index (χ4v) is 2.78. The van der Waals surface area contributed by atoms with Crippen LogP contribution in [-0.2, 0) is 11.2 Å². The van der Waals surface area contributed by atoms with Gasteiger partial charge in [0.15, 0.2) is 0 Å². The first-order valence-corrected chi connectivity index (χ1v) is 8.05. The van der Waals surface area contributed by atoms with Gasteiger partial charge in [0.25, 0.3) is 0 Å². The average Bonchev–Trinajstić information content (AvgIpc) is 3.03. The Labute approximate surface area is 140 Å². The second kappa shape index (κ2) is 7.35. The van der Waals surface area contributed by atoms with Gasteiger partial charge in [-0.3, -0.25) is 9.78 Å². The average molecular weight is 327 g/mol. The molecule has 1 amide bonds. The first-order valence-electron chi connectivity index (χ1n) is 8.05. The lowest BCUT2D eigenvalue weighted by molar-refractivity contribution is -0.122. The molecule has 1 saturated heterocycles. The molecule has 3 rings (SSSR count). The molecule has 3 heterocycles. The van der Waals surface area contributed by atoms with Gasteiger partial charge < -0.3 is 15.3 Å². The molecule has 2 aromatic heterocycles. The fraction of sp³-hybridized carbons (Fsp3) is 0.412. The molecule has 7 heteroatoms. The van der Waals surface area contributed by atoms with Crippen LogP contribution in [-0.4, -0.2) is 51.2 Å². The van der Waals surface area contributed by atoms with E-state index in [9.17, 15) is 9.90 Å². The van der Waals surface area contributed by atoms with Crippen LogP contribution < -0.4 is 10.2 Å². The number of nitrogens with zero attached hydrogens (tertiary/aromatic N) is 4. The Morgan fingerprint density at radius 2 is 2.12 bits per heavy atom. The monoisotopic (exact) mass is 327 g/mol. The number of aryl methyl sites for hydroxylation is 1. The molecule has 1 aliphatic heterocycles. The zero-order chi connectivity index (χ0) is 16.8. The van der Waals surface area contributed by atoms with Crippen LogP contribution in [0, 0.1) is 0 Å². The standard InChI is InChI=1S/C17H21N5O2/c23-15(5-4-14-3-1-7-18-11-14)21-12-17(24)6-10-22(13-17)16-19-8-2-9-20-16/h1-3,7-9,11,24H,4-6,10,12-13H2,(H,21,23)/t17-/m1/s1. The van der Waals surface area contributed by atoms with Crippen LogP contribution in [0.3, 0.4) is 0 Å². The molecule has 0 bridgehead atoms. The minimum atomic E-state index is -0.941. The molecule has 7 nitrogen and oxygen atoms in total. The number of amides is 1. The van der Waals surface area contributed by atoms with Gasteiger partial charge in [0.2, 0.25) is 11.9 Å². The van der Waals surface area contributed by atoms with Crippen LogP contribution in [0.5, 0.6) is 0 Å². The van der Waals surface area contributed by atoms with Gasteiger partial charge in [-0.05, 0) is 30.5 Å². The van der Waals surface area contributed by atoms with Gasteiger partial charge in [0, 0.05) is 44.3 Å². The summed E-state index contributed by atoms with van der Waals surface area (Å²) in [5, 5.41) is 13.5. The SMILES string of the molecule is O=C(CCc1cccnc1)NC[C@]1(O)CCN(c2ncccn2)C1. The van der Waals surface area contributed by atoms with E-state index in [0.29, 0.717) is 38.3 Å². The Kier molecular flexibility index (Phi) is 5.00. The normalized spacial score (nSPS) is 20.1. The van der Waals surface area contributed by atoms with Crippen LogP contribution in [0.4, 0.5) is 5.95 Å². The minimum Gasteiger partial charge on any atom is -0.386 e. The summed E-state index contributed by atoms with van der Waals surface area (Å²) in [7, 11) is 0. The lowest BCUT2D eigenvalue weighted by Gasteiger charge is -2.23. The van der Waals surface area contributed by atoms with Crippen molar-refractivity contribution in [3.8, 4) is 0 Å². The molecule has 126 valence electrons. The topological polar surface area (TPSA) is 91.2 Å². The summed E-state index contributed by atoms with van der Waals surface area (Å²) in [6.45, 7) is 1.33. The van der Waals surface area contributed by atoms with Crippen molar-refractivity contribution in [1.29, 1.82) is 0 Å². The molecule has 0 aliphatic carbocycles. The molecular weight excluding hydrogens is 306 g/mol. The predicted octanol–water partition coefficient (Wildman–Crippen LogP) is 0.562. The summed E-state index contributed by atoms with van der Waals surface area (Å²) >= 11 is 0. The summed E-state index contributed by atoms with van der Waals surface area (Å²) in [4.78, 5) is 26.3. The summed E-state index contributed by atoms with van der Waals surface area (Å²) in [5.41, 5.74) is 0.0861. The van der Waals surface area contributed by atoms with Crippen molar-refractivity contribution < 1.29 is 9.90 Å². The number of carbonyl (C=O) groups is 1. The molecular formula is C17H21N5O2. The predicted molar refractivity (Wildman–Crippen MR) is 89.4 cm³/mol. The van der Waals surface area contributed by atoms with Crippen molar-refractivity contribution >= 4 is 11.9 Å². The van der Waals surface area contributed by atoms with Crippen molar-refractivity contribution in [3.05, 3.63) is 48.5 Å². The van der Waals surface area contributed by atoms with E-state index < -0.39 is 5.60 Å². The number of aromatic nitrogens is 3. The van der Waals surface area contributed by atoms with E-state index >= 15 is 0 Å². The number of aliphatic hydroxyl groups is 1. The molecule has 0 unspecified atom stereocenters. The summed E-state index contributed by atoms with van der Waals surface area (Å²) in [5.74, 6) is 0.540. The van der Waals surface area contributed by atoms with Gasteiger partial charge in [-0.15, -0.1) is 0 Å². The number of carbonyl (C=O) groups excluding carboxylic acids is 1. The van der Waals surface area contributed by atoms with Crippen molar-refractivity contribution in [2.75, 3.05) is 24.5 Å². The van der Waals surface area contributed by atoms with Gasteiger partial charge in [-0.25, -0.2) is 9.97 Å². The lowest BCUT2D eigenvalue weighted by atomic mass is 10.0. The maximum Gasteiger partial charge on any atom is 0.225 e. The third-order valence-corrected chi connectivity index (χ3v) is 4.15. The van der Waals surface area contributed by atoms with Crippen LogP contribution in [0.2, 0.25) is 0 Å². The molecule has 0 radical (unpaired) electrons. The van der Waals surface area contributed by atoms with Crippen LogP contribution in [0.25, 0.3) is 0 Å². The summed E-state index contributed by atoms with van der Waals surface area (Å²) < 4.78 is 0. The fourth-order valence-electron chi connectivity index (χ4n) is 2.78. The Morgan fingerprint density at radius 1 is 1.29 bits per heavy atom. The molecule has 1 atom stereocenters. The smallest absolute Gasteiger partial charge is 0.225 e. The van der Waals surface area contributed by atoms with Crippen LogP contribution in [0.1, 0.15) is 18.4 Å². The highest BCUT2D eigenvalue weighted by atomic mass is 16.3. The Bertz CT molecular complexity index is 667. The van der Waals surface area contributed by atoms with Gasteiger partial charge in [0.1, 0.15) is 5.60 Å². The zero-order valence-electron chi connectivity index (χ0n) is 13.4. The maximum absolute atomic E-state index is 12.0. The molecule has 2 aromatic rings. The highest BCUT2D eigenvalue weighted by molar-refractivity contribution is 5.76. The summed E-state index contributed by atoms with van der Waals surface area (Å²) in [6.07, 6.45) is 8.43. The highest BCUT2D eigenvalue weighted by Crippen LogP contribution is 2.23. The quantitative estimate of drug-likeness (QED) is 0.806. The molecule has 1 fully saturated rings. The number of hydrogen-bond acceptors (Lipinski definition) is 6. The molecule has 1 aliphatic rings. The van der Waals surface area contributed by atoms with Crippen molar-refractivity contribution in [2.24, 2.45) is 0 Å². The Balaban J connectivity index is 1.45. The van der Waals surface area contributed by atoms with Crippen molar-refractivity contribution in [1.82, 2.24) is 20.3 Å². The van der Waals surface area contributed by atoms with Gasteiger partial charge in [-0.2, -0.15) is 0 Å². The number of anilines is 1. The van der Waals surface area contributed by atoms with E-state index in [4.69, 9.17) is 0 Å². The number of nitrogens with one attached hydrogen (secondary N) is 1. The van der Waals surface area contributed by atoms with Gasteiger partial charge in [0.05, 0.1) is 6.54 Å². The maximum atomic E-state index is 12.0. The van der Waals surface area contributed by atoms with Crippen LogP contribution >= 0.6 is 0 Å². The van der Waals surface area contributed by atoms with Crippen LogP contribution in [0.15, 0.2) is 43.0 Å². The first-order chi connectivity index (χ1) is 11.6. The van der Waals surface area contributed by atoms with Crippen molar-refractivity contribution in [2.45, 2.75) is 24.9 Å². The zero-order valence-corrected chi connectivity index (χ0v) is 13.4. The number of β-amino-alcohol motifs (C(OH)–C–C–N with tert-alkyl or cyclic N) is 1. The molecule has 0 spiro atoms. The van der Waals surface area contributed by atoms with E-state index in [-0.39, 0.29) is 12.5 Å². The first kappa shape index (κ1) is 16.3. The van der Waals surface area contributed by atoms with Gasteiger partial charge in [-0.1, -0.05) is 6.07 Å². The van der Waals surface area contributed by atoms with E-state index in [1.165, 1.54) is 0 Å².